The number of nitrogens with zero attached hydrogens (tertiary/aromatic N) is 2. The number of unbranched alkanes of at least 4 members (excludes halogenated alkanes) is 6. The number of benzene rings is 1. The zero-order valence-electron chi connectivity index (χ0n) is 18.8. The first-order valence-corrected chi connectivity index (χ1v) is 11.7. The topological polar surface area (TPSA) is 51.0 Å². The van der Waals surface area contributed by atoms with Crippen LogP contribution < -0.4 is 15.2 Å². The van der Waals surface area contributed by atoms with Crippen LogP contribution in [0.2, 0.25) is 0 Å². The molecule has 1 aliphatic rings. The monoisotopic (exact) mass is 405 g/mol. The maximum absolute atomic E-state index is 6.23. The lowest BCUT2D eigenvalue weighted by Gasteiger charge is -2.35. The van der Waals surface area contributed by atoms with Gasteiger partial charge in [-0.3, -0.25) is 4.90 Å². The second-order valence-electron chi connectivity index (χ2n) is 8.18. The van der Waals surface area contributed by atoms with E-state index in [0.717, 1.165) is 76.8 Å². The van der Waals surface area contributed by atoms with Gasteiger partial charge >= 0.3 is 0 Å². The van der Waals surface area contributed by atoms with Gasteiger partial charge in [0.2, 0.25) is 0 Å². The lowest BCUT2D eigenvalue weighted by Crippen LogP contribution is -2.46. The Labute approximate surface area is 178 Å². The van der Waals surface area contributed by atoms with Crippen molar-refractivity contribution in [1.29, 1.82) is 0 Å². The summed E-state index contributed by atoms with van der Waals surface area (Å²) >= 11 is 0. The zero-order valence-corrected chi connectivity index (χ0v) is 18.8. The van der Waals surface area contributed by atoms with E-state index in [0.29, 0.717) is 0 Å². The summed E-state index contributed by atoms with van der Waals surface area (Å²) in [7, 11) is 1.73. The van der Waals surface area contributed by atoms with Crippen LogP contribution in [0.4, 0.5) is 0 Å². The zero-order chi connectivity index (χ0) is 20.7. The minimum Gasteiger partial charge on any atom is -0.493 e. The number of piperazine rings is 1. The van der Waals surface area contributed by atoms with Gasteiger partial charge in [0.05, 0.1) is 13.7 Å². The van der Waals surface area contributed by atoms with E-state index in [9.17, 15) is 0 Å². The van der Waals surface area contributed by atoms with Crippen LogP contribution in [0, 0.1) is 0 Å². The second-order valence-corrected chi connectivity index (χ2v) is 8.18. The number of hydrogen-bond acceptors (Lipinski definition) is 5. The molecule has 0 atom stereocenters. The Hall–Kier alpha value is -1.30. The third-order valence-corrected chi connectivity index (χ3v) is 5.81. The summed E-state index contributed by atoms with van der Waals surface area (Å²) in [5.41, 5.74) is 6.88. The van der Waals surface area contributed by atoms with Crippen molar-refractivity contribution in [2.24, 2.45) is 5.73 Å². The molecule has 0 aromatic heterocycles. The molecular formula is C24H43N3O2. The van der Waals surface area contributed by atoms with Crippen molar-refractivity contribution in [3.05, 3.63) is 23.8 Å². The Balaban J connectivity index is 1.79. The summed E-state index contributed by atoms with van der Waals surface area (Å²) < 4.78 is 11.8. The Morgan fingerprint density at radius 1 is 0.897 bits per heavy atom. The van der Waals surface area contributed by atoms with E-state index >= 15 is 0 Å². The van der Waals surface area contributed by atoms with Crippen molar-refractivity contribution in [2.75, 3.05) is 53.0 Å². The Bertz CT molecular complexity index is 545. The maximum atomic E-state index is 6.23. The molecule has 1 aromatic rings. The summed E-state index contributed by atoms with van der Waals surface area (Å²) in [4.78, 5) is 5.04. The maximum Gasteiger partial charge on any atom is 0.165 e. The van der Waals surface area contributed by atoms with Crippen LogP contribution in [-0.4, -0.2) is 62.8 Å². The summed E-state index contributed by atoms with van der Waals surface area (Å²) in [6.07, 6.45) is 10.2. The van der Waals surface area contributed by atoms with Crippen molar-refractivity contribution >= 4 is 0 Å². The third-order valence-electron chi connectivity index (χ3n) is 5.81. The molecule has 0 bridgehead atoms. The highest BCUT2D eigenvalue weighted by Gasteiger charge is 2.19. The lowest BCUT2D eigenvalue weighted by atomic mass is 10.1. The molecule has 166 valence electrons. The van der Waals surface area contributed by atoms with Gasteiger partial charge in [-0.25, -0.2) is 0 Å². The van der Waals surface area contributed by atoms with E-state index in [1.54, 1.807) is 7.11 Å². The van der Waals surface area contributed by atoms with Crippen LogP contribution in [0.15, 0.2) is 18.2 Å². The fraction of sp³-hybridized carbons (Fsp3) is 0.750. The summed E-state index contributed by atoms with van der Waals surface area (Å²) in [6.45, 7) is 10.3. The van der Waals surface area contributed by atoms with Crippen molar-refractivity contribution in [1.82, 2.24) is 9.80 Å². The molecule has 1 heterocycles. The first-order valence-electron chi connectivity index (χ1n) is 11.7. The smallest absolute Gasteiger partial charge is 0.165 e. The molecule has 1 aliphatic heterocycles. The van der Waals surface area contributed by atoms with Gasteiger partial charge in [0.25, 0.3) is 0 Å². The molecule has 0 unspecified atom stereocenters. The Kier molecular flexibility index (Phi) is 12.1. The van der Waals surface area contributed by atoms with Gasteiger partial charge in [0.15, 0.2) is 11.5 Å². The molecular weight excluding hydrogens is 362 g/mol. The van der Waals surface area contributed by atoms with Gasteiger partial charge in [0, 0.05) is 38.3 Å². The van der Waals surface area contributed by atoms with Crippen LogP contribution in [-0.2, 0) is 6.54 Å². The van der Waals surface area contributed by atoms with Crippen molar-refractivity contribution in [3.8, 4) is 11.5 Å². The highest BCUT2D eigenvalue weighted by atomic mass is 16.5. The minimum absolute atomic E-state index is 0.772. The average Bonchev–Trinajstić information content (AvgIpc) is 2.75. The second kappa shape index (κ2) is 14.6. The largest absolute Gasteiger partial charge is 0.493 e. The molecule has 29 heavy (non-hydrogen) atoms. The Morgan fingerprint density at radius 3 is 2.28 bits per heavy atom. The fourth-order valence-electron chi connectivity index (χ4n) is 3.97. The number of nitrogens with two attached hydrogens (primary N) is 1. The number of rotatable bonds is 15. The molecule has 0 aliphatic carbocycles. The van der Waals surface area contributed by atoms with Gasteiger partial charge in [-0.2, -0.15) is 0 Å². The molecule has 1 saturated heterocycles. The number of hydrogen-bond donors (Lipinski definition) is 1. The van der Waals surface area contributed by atoms with Crippen molar-refractivity contribution in [2.45, 2.75) is 64.8 Å². The first-order chi connectivity index (χ1) is 14.3. The van der Waals surface area contributed by atoms with Crippen LogP contribution in [0.25, 0.3) is 0 Å². The molecule has 0 radical (unpaired) electrons. The van der Waals surface area contributed by atoms with Crippen LogP contribution in [0.5, 0.6) is 11.5 Å². The summed E-state index contributed by atoms with van der Waals surface area (Å²) in [5, 5.41) is 0. The van der Waals surface area contributed by atoms with E-state index in [1.807, 2.05) is 6.07 Å². The van der Waals surface area contributed by atoms with Crippen molar-refractivity contribution < 1.29 is 9.47 Å². The van der Waals surface area contributed by atoms with Gasteiger partial charge in [0.1, 0.15) is 0 Å². The molecule has 2 N–H and O–H groups in total. The van der Waals surface area contributed by atoms with E-state index < -0.39 is 0 Å². The number of para-hydroxylation sites is 1. The van der Waals surface area contributed by atoms with E-state index in [2.05, 4.69) is 28.9 Å². The summed E-state index contributed by atoms with van der Waals surface area (Å²) in [5.74, 6) is 1.79. The molecule has 0 saturated carbocycles. The van der Waals surface area contributed by atoms with E-state index in [1.165, 1.54) is 44.1 Å². The number of methoxy groups -OCH3 is 1. The van der Waals surface area contributed by atoms with Gasteiger partial charge in [-0.15, -0.1) is 0 Å². The minimum atomic E-state index is 0.772. The lowest BCUT2D eigenvalue weighted by molar-refractivity contribution is 0.125. The Morgan fingerprint density at radius 2 is 1.59 bits per heavy atom. The van der Waals surface area contributed by atoms with Gasteiger partial charge in [-0.05, 0) is 32.0 Å². The SMILES string of the molecule is CCCCCCCCCOc1c(CN2CCN(CCCN)CC2)cccc1OC. The summed E-state index contributed by atoms with van der Waals surface area (Å²) in [6, 6.07) is 6.27. The third kappa shape index (κ3) is 8.93. The molecule has 5 nitrogen and oxygen atoms in total. The normalized spacial score (nSPS) is 15.6. The van der Waals surface area contributed by atoms with Crippen LogP contribution in [0.3, 0.4) is 0 Å². The quantitative estimate of drug-likeness (QED) is 0.441. The highest BCUT2D eigenvalue weighted by molar-refractivity contribution is 5.46. The molecule has 0 amide bonds. The van der Waals surface area contributed by atoms with Gasteiger partial charge < -0.3 is 20.1 Å². The predicted octanol–water partition coefficient (Wildman–Crippen LogP) is 4.29. The van der Waals surface area contributed by atoms with Crippen LogP contribution in [0.1, 0.15) is 63.9 Å². The standard InChI is InChI=1S/C24H43N3O2/c1-3-4-5-6-7-8-9-20-29-24-22(12-10-13-23(24)28-2)21-27-18-16-26(17-19-27)15-11-14-25/h10,12-13H,3-9,11,14-21,25H2,1-2H3. The molecule has 0 spiro atoms. The molecule has 1 aromatic carbocycles. The van der Waals surface area contributed by atoms with Crippen molar-refractivity contribution in [3.63, 3.8) is 0 Å². The fourth-order valence-corrected chi connectivity index (χ4v) is 3.97. The highest BCUT2D eigenvalue weighted by Crippen LogP contribution is 2.32. The van der Waals surface area contributed by atoms with E-state index in [4.69, 9.17) is 15.2 Å². The van der Waals surface area contributed by atoms with Crippen LogP contribution >= 0.6 is 0 Å². The van der Waals surface area contributed by atoms with E-state index in [-0.39, 0.29) is 0 Å². The molecule has 2 rings (SSSR count). The predicted molar refractivity (Wildman–Crippen MR) is 122 cm³/mol. The average molecular weight is 406 g/mol. The molecule has 5 heteroatoms. The first kappa shape index (κ1) is 24.0. The number of ether oxygens (including phenoxy) is 2. The molecule has 1 fully saturated rings. The van der Waals surface area contributed by atoms with Gasteiger partial charge in [-0.1, -0.05) is 57.6 Å².